The molecule has 0 saturated carbocycles. The van der Waals surface area contributed by atoms with Gasteiger partial charge in [-0.15, -0.1) is 0 Å². The fraction of sp³-hybridized carbons (Fsp3) is 0.600. The molecule has 2 aliphatic rings. The number of nitrogens with two attached hydrogens (primary N) is 1. The molecular weight excluding hydrogens is 240 g/mol. The van der Waals surface area contributed by atoms with Crippen molar-refractivity contribution in [2.24, 2.45) is 5.73 Å². The van der Waals surface area contributed by atoms with Crippen LogP contribution >= 0.6 is 0 Å². The summed E-state index contributed by atoms with van der Waals surface area (Å²) in [6, 6.07) is 10.5. The highest BCUT2D eigenvalue weighted by Gasteiger charge is 2.39. The Balaban J connectivity index is 1.60. The number of benzene rings is 1. The third kappa shape index (κ3) is 2.82. The minimum atomic E-state index is -0.603. The Morgan fingerprint density at radius 3 is 2.84 bits per heavy atom. The van der Waals surface area contributed by atoms with E-state index in [9.17, 15) is 0 Å². The van der Waals surface area contributed by atoms with E-state index in [1.165, 1.54) is 0 Å². The largest absolute Gasteiger partial charge is 0.343 e. The van der Waals surface area contributed by atoms with E-state index in [2.05, 4.69) is 4.90 Å². The lowest BCUT2D eigenvalue weighted by Gasteiger charge is -2.25. The van der Waals surface area contributed by atoms with Gasteiger partial charge in [0.15, 0.2) is 5.79 Å². The molecular formula is C15H22N2O2. The molecule has 0 aromatic heterocycles. The van der Waals surface area contributed by atoms with Crippen molar-refractivity contribution in [3.8, 4) is 0 Å². The van der Waals surface area contributed by atoms with E-state index in [-0.39, 0.29) is 6.10 Å². The van der Waals surface area contributed by atoms with Crippen molar-refractivity contribution < 1.29 is 9.47 Å². The highest BCUT2D eigenvalue weighted by atomic mass is 16.7. The molecule has 2 N–H and O–H groups in total. The fourth-order valence-corrected chi connectivity index (χ4v) is 2.94. The Morgan fingerprint density at radius 2 is 2.16 bits per heavy atom. The molecule has 2 aliphatic heterocycles. The quantitative estimate of drug-likeness (QED) is 0.892. The smallest absolute Gasteiger partial charge is 0.192 e. The first-order chi connectivity index (χ1) is 9.16. The summed E-state index contributed by atoms with van der Waals surface area (Å²) in [6.45, 7) is 5.61. The summed E-state index contributed by atoms with van der Waals surface area (Å²) in [4.78, 5) is 2.37. The number of likely N-dealkylation sites (tertiary alicyclic amines) is 1. The molecule has 104 valence electrons. The number of ether oxygens (including phenoxy) is 2. The normalized spacial score (nSPS) is 35.9. The maximum atomic E-state index is 6.13. The molecule has 2 saturated heterocycles. The van der Waals surface area contributed by atoms with Crippen LogP contribution in [-0.4, -0.2) is 43.3 Å². The lowest BCUT2D eigenvalue weighted by molar-refractivity contribution is -0.163. The van der Waals surface area contributed by atoms with E-state index < -0.39 is 5.79 Å². The van der Waals surface area contributed by atoms with Gasteiger partial charge in [0.1, 0.15) is 0 Å². The standard InChI is InChI=1S/C15H22N2O2/c1-15(12-5-3-2-4-6-12)18-11-14(19-15)10-17-8-7-13(16)9-17/h2-6,13-14H,7-11,16H2,1H3/t13-,14?,15?/m0/s1. The van der Waals surface area contributed by atoms with Crippen molar-refractivity contribution in [1.82, 2.24) is 4.90 Å². The first kappa shape index (κ1) is 13.1. The van der Waals surface area contributed by atoms with E-state index in [1.54, 1.807) is 0 Å². The van der Waals surface area contributed by atoms with Gasteiger partial charge < -0.3 is 15.2 Å². The molecule has 2 heterocycles. The lowest BCUT2D eigenvalue weighted by atomic mass is 10.1. The van der Waals surface area contributed by atoms with Gasteiger partial charge in [-0.2, -0.15) is 0 Å². The summed E-state index contributed by atoms with van der Waals surface area (Å²) in [5.74, 6) is -0.603. The Morgan fingerprint density at radius 1 is 1.37 bits per heavy atom. The van der Waals surface area contributed by atoms with Gasteiger partial charge in [-0.05, 0) is 19.9 Å². The fourth-order valence-electron chi connectivity index (χ4n) is 2.94. The van der Waals surface area contributed by atoms with Crippen molar-refractivity contribution >= 4 is 0 Å². The summed E-state index contributed by atoms with van der Waals surface area (Å²) >= 11 is 0. The van der Waals surface area contributed by atoms with Crippen LogP contribution in [0.5, 0.6) is 0 Å². The van der Waals surface area contributed by atoms with Gasteiger partial charge >= 0.3 is 0 Å². The third-order valence-electron chi connectivity index (χ3n) is 4.01. The van der Waals surface area contributed by atoms with Crippen molar-refractivity contribution in [3.63, 3.8) is 0 Å². The van der Waals surface area contributed by atoms with Crippen LogP contribution in [0.15, 0.2) is 30.3 Å². The molecule has 2 fully saturated rings. The lowest BCUT2D eigenvalue weighted by Crippen LogP contribution is -2.35. The second kappa shape index (κ2) is 5.21. The monoisotopic (exact) mass is 262 g/mol. The van der Waals surface area contributed by atoms with E-state index in [0.717, 1.165) is 31.6 Å². The molecule has 1 aromatic rings. The third-order valence-corrected chi connectivity index (χ3v) is 4.01. The van der Waals surface area contributed by atoms with Crippen LogP contribution in [0, 0.1) is 0 Å². The number of hydrogen-bond acceptors (Lipinski definition) is 4. The molecule has 4 nitrogen and oxygen atoms in total. The molecule has 2 unspecified atom stereocenters. The second-order valence-corrected chi connectivity index (χ2v) is 5.67. The SMILES string of the molecule is CC1(c2ccccc2)OCC(CN2CC[C@H](N)C2)O1. The minimum Gasteiger partial charge on any atom is -0.343 e. The highest BCUT2D eigenvalue weighted by molar-refractivity contribution is 5.20. The molecule has 0 amide bonds. The van der Waals surface area contributed by atoms with Gasteiger partial charge in [-0.25, -0.2) is 0 Å². The molecule has 19 heavy (non-hydrogen) atoms. The molecule has 1 aromatic carbocycles. The first-order valence-corrected chi connectivity index (χ1v) is 7.01. The van der Waals surface area contributed by atoms with Crippen LogP contribution in [-0.2, 0) is 15.3 Å². The zero-order valence-corrected chi connectivity index (χ0v) is 11.4. The van der Waals surface area contributed by atoms with Gasteiger partial charge in [-0.3, -0.25) is 4.90 Å². The number of rotatable bonds is 3. The summed E-state index contributed by atoms with van der Waals surface area (Å²) in [5.41, 5.74) is 7.01. The van der Waals surface area contributed by atoms with Crippen molar-refractivity contribution in [3.05, 3.63) is 35.9 Å². The Labute approximate surface area is 114 Å². The Hall–Kier alpha value is -0.940. The predicted molar refractivity (Wildman–Crippen MR) is 73.7 cm³/mol. The van der Waals surface area contributed by atoms with E-state index in [1.807, 2.05) is 37.3 Å². The zero-order valence-electron chi connectivity index (χ0n) is 11.4. The molecule has 3 atom stereocenters. The molecule has 0 aliphatic carbocycles. The van der Waals surface area contributed by atoms with Gasteiger partial charge in [0.05, 0.1) is 12.7 Å². The molecule has 4 heteroatoms. The summed E-state index contributed by atoms with van der Waals surface area (Å²) < 4.78 is 12.0. The van der Waals surface area contributed by atoms with Crippen LogP contribution in [0.4, 0.5) is 0 Å². The van der Waals surface area contributed by atoms with Crippen molar-refractivity contribution in [1.29, 1.82) is 0 Å². The Kier molecular flexibility index (Phi) is 3.58. The molecule has 0 spiro atoms. The summed E-state index contributed by atoms with van der Waals surface area (Å²) in [6.07, 6.45) is 1.22. The van der Waals surface area contributed by atoms with Crippen LogP contribution in [0.3, 0.4) is 0 Å². The maximum Gasteiger partial charge on any atom is 0.192 e. The first-order valence-electron chi connectivity index (χ1n) is 7.01. The van der Waals surface area contributed by atoms with Crippen LogP contribution in [0.25, 0.3) is 0 Å². The zero-order chi connectivity index (χ0) is 13.3. The van der Waals surface area contributed by atoms with Crippen molar-refractivity contribution in [2.45, 2.75) is 31.3 Å². The molecule has 0 bridgehead atoms. The van der Waals surface area contributed by atoms with E-state index in [4.69, 9.17) is 15.2 Å². The number of nitrogens with zero attached hydrogens (tertiary/aromatic N) is 1. The summed E-state index contributed by atoms with van der Waals surface area (Å²) in [7, 11) is 0. The van der Waals surface area contributed by atoms with Crippen molar-refractivity contribution in [2.75, 3.05) is 26.2 Å². The van der Waals surface area contributed by atoms with E-state index >= 15 is 0 Å². The Bertz CT molecular complexity index is 425. The average Bonchev–Trinajstić information content (AvgIpc) is 2.99. The minimum absolute atomic E-state index is 0.135. The van der Waals surface area contributed by atoms with E-state index in [0.29, 0.717) is 12.6 Å². The maximum absolute atomic E-state index is 6.13. The summed E-state index contributed by atoms with van der Waals surface area (Å²) in [5, 5.41) is 0. The van der Waals surface area contributed by atoms with Crippen LogP contribution < -0.4 is 5.73 Å². The molecule has 0 radical (unpaired) electrons. The van der Waals surface area contributed by atoms with Crippen LogP contribution in [0.2, 0.25) is 0 Å². The van der Waals surface area contributed by atoms with Gasteiger partial charge in [0.25, 0.3) is 0 Å². The highest BCUT2D eigenvalue weighted by Crippen LogP contribution is 2.34. The topological polar surface area (TPSA) is 47.7 Å². The van der Waals surface area contributed by atoms with Gasteiger partial charge in [0, 0.05) is 24.7 Å². The van der Waals surface area contributed by atoms with Gasteiger partial charge in [-0.1, -0.05) is 30.3 Å². The molecule has 3 rings (SSSR count). The average molecular weight is 262 g/mol. The second-order valence-electron chi connectivity index (χ2n) is 5.67. The predicted octanol–water partition coefficient (Wildman–Crippen LogP) is 1.31. The van der Waals surface area contributed by atoms with Gasteiger partial charge in [0.2, 0.25) is 0 Å². The number of hydrogen-bond donors (Lipinski definition) is 1. The van der Waals surface area contributed by atoms with Crippen LogP contribution in [0.1, 0.15) is 18.9 Å².